The fraction of sp³-hybridized carbons (Fsp3) is 0.250. The Hall–Kier alpha value is -2.68. The SMILES string of the molecule is COc1ccc(NC(N)=NCCOc2ccc(C(F)(F)F)cn2)cc1Cl. The molecule has 0 saturated carbocycles. The van der Waals surface area contributed by atoms with Crippen molar-refractivity contribution in [1.29, 1.82) is 0 Å². The molecular weight excluding hydrogens is 373 g/mol. The molecule has 3 N–H and O–H groups in total. The van der Waals surface area contributed by atoms with Gasteiger partial charge >= 0.3 is 6.18 Å². The maximum Gasteiger partial charge on any atom is 0.417 e. The molecule has 0 aliphatic rings. The summed E-state index contributed by atoms with van der Waals surface area (Å²) in [5.74, 6) is 0.738. The second-order valence-corrected chi connectivity index (χ2v) is 5.38. The summed E-state index contributed by atoms with van der Waals surface area (Å²) in [7, 11) is 1.51. The fourth-order valence-electron chi connectivity index (χ4n) is 1.88. The number of ether oxygens (including phenoxy) is 2. The van der Waals surface area contributed by atoms with Crippen LogP contribution < -0.4 is 20.5 Å². The Morgan fingerprint density at radius 3 is 2.65 bits per heavy atom. The highest BCUT2D eigenvalue weighted by Gasteiger charge is 2.30. The van der Waals surface area contributed by atoms with Crippen LogP contribution >= 0.6 is 11.6 Å². The molecule has 140 valence electrons. The van der Waals surface area contributed by atoms with Gasteiger partial charge in [-0.3, -0.25) is 0 Å². The highest BCUT2D eigenvalue weighted by molar-refractivity contribution is 6.32. The molecule has 2 aromatic rings. The summed E-state index contributed by atoms with van der Waals surface area (Å²) in [4.78, 5) is 7.63. The first-order chi connectivity index (χ1) is 12.3. The maximum atomic E-state index is 12.4. The zero-order valence-corrected chi connectivity index (χ0v) is 14.4. The van der Waals surface area contributed by atoms with Crippen LogP contribution in [-0.2, 0) is 6.18 Å². The number of nitrogens with two attached hydrogens (primary N) is 1. The van der Waals surface area contributed by atoms with Gasteiger partial charge < -0.3 is 20.5 Å². The van der Waals surface area contributed by atoms with Crippen molar-refractivity contribution in [3.63, 3.8) is 0 Å². The van der Waals surface area contributed by atoms with Crippen LogP contribution in [0.15, 0.2) is 41.5 Å². The smallest absolute Gasteiger partial charge is 0.417 e. The van der Waals surface area contributed by atoms with E-state index >= 15 is 0 Å². The first kappa shape index (κ1) is 19.6. The number of pyridine rings is 1. The summed E-state index contributed by atoms with van der Waals surface area (Å²) in [6.07, 6.45) is -3.72. The van der Waals surface area contributed by atoms with Crippen molar-refractivity contribution in [2.75, 3.05) is 25.6 Å². The molecule has 0 fully saturated rings. The molecule has 0 bridgehead atoms. The van der Waals surface area contributed by atoms with E-state index in [1.54, 1.807) is 18.2 Å². The molecule has 0 atom stereocenters. The molecule has 0 radical (unpaired) electrons. The molecule has 0 spiro atoms. The van der Waals surface area contributed by atoms with E-state index in [0.717, 1.165) is 12.1 Å². The summed E-state index contributed by atoms with van der Waals surface area (Å²) < 4.78 is 47.5. The fourth-order valence-corrected chi connectivity index (χ4v) is 2.14. The Kier molecular flexibility index (Phi) is 6.51. The van der Waals surface area contributed by atoms with Crippen LogP contribution in [0.1, 0.15) is 5.56 Å². The molecule has 2 rings (SSSR count). The minimum Gasteiger partial charge on any atom is -0.495 e. The highest BCUT2D eigenvalue weighted by atomic mass is 35.5. The van der Waals surface area contributed by atoms with Gasteiger partial charge in [0.05, 0.1) is 24.2 Å². The van der Waals surface area contributed by atoms with Gasteiger partial charge in [-0.1, -0.05) is 11.6 Å². The first-order valence-electron chi connectivity index (χ1n) is 7.36. The monoisotopic (exact) mass is 388 g/mol. The number of benzene rings is 1. The number of aliphatic imine (C=N–C) groups is 1. The standard InChI is InChI=1S/C16H16ClF3N4O2/c1-25-13-4-3-11(8-12(13)17)24-15(21)22-6-7-26-14-5-2-10(9-23-14)16(18,19)20/h2-5,8-9H,6-7H2,1H3,(H3,21,22,24). The van der Waals surface area contributed by atoms with Gasteiger partial charge in [0.2, 0.25) is 5.88 Å². The molecule has 1 aromatic carbocycles. The molecule has 0 saturated heterocycles. The van der Waals surface area contributed by atoms with Gasteiger partial charge in [-0.15, -0.1) is 0 Å². The lowest BCUT2D eigenvalue weighted by Gasteiger charge is -2.09. The molecule has 0 aliphatic carbocycles. The minimum absolute atomic E-state index is 0.0710. The highest BCUT2D eigenvalue weighted by Crippen LogP contribution is 2.29. The third-order valence-corrected chi connectivity index (χ3v) is 3.41. The topological polar surface area (TPSA) is 81.8 Å². The van der Waals surface area contributed by atoms with Crippen molar-refractivity contribution in [1.82, 2.24) is 4.98 Å². The zero-order valence-electron chi connectivity index (χ0n) is 13.7. The number of nitrogens with zero attached hydrogens (tertiary/aromatic N) is 2. The number of aromatic nitrogens is 1. The largest absolute Gasteiger partial charge is 0.495 e. The molecule has 1 heterocycles. The molecule has 10 heteroatoms. The molecular formula is C16H16ClF3N4O2. The Labute approximate surface area is 152 Å². The average Bonchev–Trinajstić information content (AvgIpc) is 2.58. The third kappa shape index (κ3) is 5.69. The average molecular weight is 389 g/mol. The molecule has 0 aliphatic heterocycles. The van der Waals surface area contributed by atoms with E-state index in [4.69, 9.17) is 26.8 Å². The van der Waals surface area contributed by atoms with E-state index in [1.807, 2.05) is 0 Å². The van der Waals surface area contributed by atoms with E-state index in [1.165, 1.54) is 7.11 Å². The van der Waals surface area contributed by atoms with Gasteiger partial charge in [-0.25, -0.2) is 9.98 Å². The lowest BCUT2D eigenvalue weighted by molar-refractivity contribution is -0.137. The Morgan fingerprint density at radius 1 is 1.31 bits per heavy atom. The van der Waals surface area contributed by atoms with Crippen LogP contribution in [0.25, 0.3) is 0 Å². The normalized spacial score (nSPS) is 12.0. The Bertz CT molecular complexity index is 767. The number of hydrogen-bond acceptors (Lipinski definition) is 4. The van der Waals surface area contributed by atoms with Crippen molar-refractivity contribution >= 4 is 23.2 Å². The van der Waals surface area contributed by atoms with Crippen LogP contribution in [0.3, 0.4) is 0 Å². The van der Waals surface area contributed by atoms with Crippen LogP contribution in [0.4, 0.5) is 18.9 Å². The van der Waals surface area contributed by atoms with Gasteiger partial charge in [0.25, 0.3) is 0 Å². The minimum atomic E-state index is -4.43. The van der Waals surface area contributed by atoms with E-state index in [2.05, 4.69) is 15.3 Å². The van der Waals surface area contributed by atoms with Crippen molar-refractivity contribution in [3.05, 3.63) is 47.1 Å². The number of anilines is 1. The van der Waals surface area contributed by atoms with E-state index in [0.29, 0.717) is 22.7 Å². The molecule has 0 amide bonds. The summed E-state index contributed by atoms with van der Waals surface area (Å²) in [6, 6.07) is 7.07. The van der Waals surface area contributed by atoms with Crippen LogP contribution in [0.2, 0.25) is 5.02 Å². The van der Waals surface area contributed by atoms with Gasteiger partial charge in [0, 0.05) is 18.0 Å². The Balaban J connectivity index is 1.81. The molecule has 1 aromatic heterocycles. The zero-order chi connectivity index (χ0) is 19.2. The number of nitrogens with one attached hydrogen (secondary N) is 1. The number of halogens is 4. The van der Waals surface area contributed by atoms with Crippen molar-refractivity contribution < 1.29 is 22.6 Å². The van der Waals surface area contributed by atoms with Gasteiger partial charge in [0.15, 0.2) is 5.96 Å². The number of methoxy groups -OCH3 is 1. The summed E-state index contributed by atoms with van der Waals surface area (Å²) in [6.45, 7) is 0.287. The predicted molar refractivity (Wildman–Crippen MR) is 92.9 cm³/mol. The van der Waals surface area contributed by atoms with E-state index in [-0.39, 0.29) is 25.0 Å². The summed E-state index contributed by atoms with van der Waals surface area (Å²) in [5, 5.41) is 3.27. The van der Waals surface area contributed by atoms with E-state index < -0.39 is 11.7 Å². The second-order valence-electron chi connectivity index (χ2n) is 4.97. The van der Waals surface area contributed by atoms with Gasteiger partial charge in [-0.2, -0.15) is 13.2 Å². The lowest BCUT2D eigenvalue weighted by atomic mass is 10.3. The number of guanidine groups is 1. The number of rotatable bonds is 6. The number of alkyl halides is 3. The number of hydrogen-bond donors (Lipinski definition) is 2. The van der Waals surface area contributed by atoms with Crippen LogP contribution in [0, 0.1) is 0 Å². The van der Waals surface area contributed by atoms with Crippen molar-refractivity contribution in [2.24, 2.45) is 10.7 Å². The lowest BCUT2D eigenvalue weighted by Crippen LogP contribution is -2.23. The second kappa shape index (κ2) is 8.61. The summed E-state index contributed by atoms with van der Waals surface area (Å²) in [5.41, 5.74) is 5.53. The Morgan fingerprint density at radius 2 is 2.08 bits per heavy atom. The maximum absolute atomic E-state index is 12.4. The third-order valence-electron chi connectivity index (χ3n) is 3.11. The van der Waals surface area contributed by atoms with Crippen molar-refractivity contribution in [2.45, 2.75) is 6.18 Å². The first-order valence-corrected chi connectivity index (χ1v) is 7.74. The van der Waals surface area contributed by atoms with Gasteiger partial charge in [-0.05, 0) is 24.3 Å². The molecule has 26 heavy (non-hydrogen) atoms. The molecule has 6 nitrogen and oxygen atoms in total. The van der Waals surface area contributed by atoms with Crippen LogP contribution in [-0.4, -0.2) is 31.2 Å². The van der Waals surface area contributed by atoms with Crippen LogP contribution in [0.5, 0.6) is 11.6 Å². The quantitative estimate of drug-likeness (QED) is 0.449. The van der Waals surface area contributed by atoms with Crippen molar-refractivity contribution in [3.8, 4) is 11.6 Å². The van der Waals surface area contributed by atoms with E-state index in [9.17, 15) is 13.2 Å². The summed E-state index contributed by atoms with van der Waals surface area (Å²) >= 11 is 6.00. The van der Waals surface area contributed by atoms with Gasteiger partial charge in [0.1, 0.15) is 12.4 Å². The molecule has 0 unspecified atom stereocenters. The predicted octanol–water partition coefficient (Wildman–Crippen LogP) is 3.57.